The molecule has 0 amide bonds. The zero-order valence-corrected chi connectivity index (χ0v) is 6.28. The molecule has 3 heteroatoms. The van der Waals surface area contributed by atoms with Gasteiger partial charge in [-0.15, -0.1) is 0 Å². The van der Waals surface area contributed by atoms with Crippen molar-refractivity contribution in [1.29, 1.82) is 0 Å². The number of H-pyrrole nitrogens is 1. The summed E-state index contributed by atoms with van der Waals surface area (Å²) >= 11 is 5.68. The lowest BCUT2D eigenvalue weighted by Gasteiger charge is -2.02. The van der Waals surface area contributed by atoms with E-state index < -0.39 is 0 Å². The van der Waals surface area contributed by atoms with Crippen LogP contribution in [-0.4, -0.2) is 4.98 Å². The zero-order chi connectivity index (χ0) is 7.19. The number of hydrogen-bond donors (Lipinski definition) is 2. The van der Waals surface area contributed by atoms with Gasteiger partial charge in [0, 0.05) is 11.7 Å². The van der Waals surface area contributed by atoms with Crippen molar-refractivity contribution in [3.8, 4) is 0 Å². The molecule has 1 heterocycles. The molecular weight excluding hydrogens is 148 g/mol. The molecule has 0 atom stereocenters. The molecule has 0 spiro atoms. The van der Waals surface area contributed by atoms with Crippen LogP contribution in [0.15, 0.2) is 12.3 Å². The number of aromatic amines is 1. The van der Waals surface area contributed by atoms with E-state index in [1.807, 2.05) is 12.3 Å². The first-order valence-electron chi connectivity index (χ1n) is 3.34. The highest BCUT2D eigenvalue weighted by Crippen LogP contribution is 2.43. The second kappa shape index (κ2) is 1.77. The van der Waals surface area contributed by atoms with Crippen LogP contribution in [0, 0.1) is 0 Å². The summed E-state index contributed by atoms with van der Waals surface area (Å²) in [5, 5.41) is 0.673. The van der Waals surface area contributed by atoms with Crippen LogP contribution >= 0.6 is 11.6 Å². The average molecular weight is 157 g/mol. The smallest absolute Gasteiger partial charge is 0.106 e. The van der Waals surface area contributed by atoms with E-state index in [1.165, 1.54) is 0 Å². The zero-order valence-electron chi connectivity index (χ0n) is 5.52. The van der Waals surface area contributed by atoms with Gasteiger partial charge in [0.15, 0.2) is 0 Å². The van der Waals surface area contributed by atoms with E-state index in [2.05, 4.69) is 4.98 Å². The van der Waals surface area contributed by atoms with E-state index in [-0.39, 0.29) is 5.54 Å². The Morgan fingerprint density at radius 1 is 1.60 bits per heavy atom. The van der Waals surface area contributed by atoms with Gasteiger partial charge in [-0.1, -0.05) is 11.6 Å². The second-order valence-corrected chi connectivity index (χ2v) is 3.30. The fourth-order valence-electron chi connectivity index (χ4n) is 1.08. The summed E-state index contributed by atoms with van der Waals surface area (Å²) in [4.78, 5) is 2.90. The summed E-state index contributed by atoms with van der Waals surface area (Å²) in [6.45, 7) is 0. The van der Waals surface area contributed by atoms with Crippen molar-refractivity contribution < 1.29 is 0 Å². The minimum Gasteiger partial charge on any atom is -0.352 e. The first-order valence-corrected chi connectivity index (χ1v) is 3.72. The average Bonchev–Trinajstić information content (AvgIpc) is 2.45. The maximum atomic E-state index is 5.90. The van der Waals surface area contributed by atoms with Crippen LogP contribution in [-0.2, 0) is 5.54 Å². The van der Waals surface area contributed by atoms with Crippen molar-refractivity contribution in [2.24, 2.45) is 5.73 Å². The molecule has 1 fully saturated rings. The molecule has 1 saturated carbocycles. The van der Waals surface area contributed by atoms with Crippen molar-refractivity contribution in [2.75, 3.05) is 0 Å². The highest BCUT2D eigenvalue weighted by Gasteiger charge is 2.40. The van der Waals surface area contributed by atoms with E-state index in [9.17, 15) is 0 Å². The van der Waals surface area contributed by atoms with Gasteiger partial charge in [-0.25, -0.2) is 0 Å². The Kier molecular flexibility index (Phi) is 1.11. The molecule has 1 aromatic heterocycles. The Labute approximate surface area is 64.4 Å². The SMILES string of the molecule is NC1(c2c[nH]c(Cl)c2)CC1. The fraction of sp³-hybridized carbons (Fsp3) is 0.429. The van der Waals surface area contributed by atoms with Gasteiger partial charge >= 0.3 is 0 Å². The van der Waals surface area contributed by atoms with Crippen LogP contribution in [0.3, 0.4) is 0 Å². The predicted octanol–water partition coefficient (Wildman–Crippen LogP) is 1.62. The third-order valence-corrected chi connectivity index (χ3v) is 2.23. The summed E-state index contributed by atoms with van der Waals surface area (Å²) in [6, 6.07) is 1.90. The molecular formula is C7H9ClN2. The quantitative estimate of drug-likeness (QED) is 0.638. The van der Waals surface area contributed by atoms with Crippen molar-refractivity contribution in [2.45, 2.75) is 18.4 Å². The molecule has 3 N–H and O–H groups in total. The lowest BCUT2D eigenvalue weighted by Crippen LogP contribution is -2.17. The van der Waals surface area contributed by atoms with Gasteiger partial charge in [0.05, 0.1) is 0 Å². The van der Waals surface area contributed by atoms with E-state index in [0.29, 0.717) is 5.15 Å². The number of halogens is 1. The number of aromatic nitrogens is 1. The van der Waals surface area contributed by atoms with E-state index in [1.54, 1.807) is 0 Å². The minimum atomic E-state index is -0.0519. The molecule has 2 rings (SSSR count). The first kappa shape index (κ1) is 6.25. The number of rotatable bonds is 1. The fourth-order valence-corrected chi connectivity index (χ4v) is 1.25. The summed E-state index contributed by atoms with van der Waals surface area (Å²) in [7, 11) is 0. The van der Waals surface area contributed by atoms with Gasteiger partial charge in [0.1, 0.15) is 5.15 Å². The number of nitrogens with one attached hydrogen (secondary N) is 1. The Bertz CT molecular complexity index is 250. The summed E-state index contributed by atoms with van der Waals surface area (Å²) in [5.74, 6) is 0. The number of nitrogens with two attached hydrogens (primary N) is 1. The maximum Gasteiger partial charge on any atom is 0.106 e. The molecule has 54 valence electrons. The topological polar surface area (TPSA) is 41.8 Å². The van der Waals surface area contributed by atoms with Gasteiger partial charge in [0.2, 0.25) is 0 Å². The van der Waals surface area contributed by atoms with Crippen LogP contribution in [0.4, 0.5) is 0 Å². The molecule has 1 aromatic rings. The molecule has 0 bridgehead atoms. The lowest BCUT2D eigenvalue weighted by molar-refractivity contribution is 0.741. The predicted molar refractivity (Wildman–Crippen MR) is 40.9 cm³/mol. The lowest BCUT2D eigenvalue weighted by atomic mass is 10.1. The molecule has 2 nitrogen and oxygen atoms in total. The van der Waals surface area contributed by atoms with Gasteiger partial charge in [-0.3, -0.25) is 0 Å². The summed E-state index contributed by atoms with van der Waals surface area (Å²) in [5.41, 5.74) is 6.99. The highest BCUT2D eigenvalue weighted by molar-refractivity contribution is 6.29. The second-order valence-electron chi connectivity index (χ2n) is 2.89. The van der Waals surface area contributed by atoms with Crippen LogP contribution < -0.4 is 5.73 Å². The Morgan fingerprint density at radius 3 is 2.70 bits per heavy atom. The number of hydrogen-bond acceptors (Lipinski definition) is 1. The van der Waals surface area contributed by atoms with Gasteiger partial charge in [0.25, 0.3) is 0 Å². The van der Waals surface area contributed by atoms with Crippen molar-refractivity contribution >= 4 is 11.6 Å². The van der Waals surface area contributed by atoms with Crippen molar-refractivity contribution in [1.82, 2.24) is 4.98 Å². The Balaban J connectivity index is 2.34. The van der Waals surface area contributed by atoms with E-state index in [0.717, 1.165) is 18.4 Å². The summed E-state index contributed by atoms with van der Waals surface area (Å²) < 4.78 is 0. The van der Waals surface area contributed by atoms with E-state index in [4.69, 9.17) is 17.3 Å². The van der Waals surface area contributed by atoms with Crippen LogP contribution in [0.2, 0.25) is 5.15 Å². The van der Waals surface area contributed by atoms with Crippen molar-refractivity contribution in [3.63, 3.8) is 0 Å². The molecule has 1 aliphatic carbocycles. The third-order valence-electron chi connectivity index (χ3n) is 2.01. The van der Waals surface area contributed by atoms with Gasteiger partial charge in [-0.05, 0) is 24.5 Å². The molecule has 1 aliphatic rings. The molecule has 0 saturated heterocycles. The monoisotopic (exact) mass is 156 g/mol. The van der Waals surface area contributed by atoms with Gasteiger partial charge < -0.3 is 10.7 Å². The molecule has 0 aromatic carbocycles. The maximum absolute atomic E-state index is 5.90. The van der Waals surface area contributed by atoms with Crippen molar-refractivity contribution in [3.05, 3.63) is 23.0 Å². The van der Waals surface area contributed by atoms with Crippen LogP contribution in [0.1, 0.15) is 18.4 Å². The largest absolute Gasteiger partial charge is 0.352 e. The molecule has 0 aliphatic heterocycles. The minimum absolute atomic E-state index is 0.0519. The third kappa shape index (κ3) is 0.842. The molecule has 0 unspecified atom stereocenters. The molecule has 10 heavy (non-hydrogen) atoms. The normalized spacial score (nSPS) is 21.0. The van der Waals surface area contributed by atoms with Crippen LogP contribution in [0.25, 0.3) is 0 Å². The summed E-state index contributed by atoms with van der Waals surface area (Å²) in [6.07, 6.45) is 4.05. The highest BCUT2D eigenvalue weighted by atomic mass is 35.5. The first-order chi connectivity index (χ1) is 4.71. The Morgan fingerprint density at radius 2 is 2.30 bits per heavy atom. The van der Waals surface area contributed by atoms with E-state index >= 15 is 0 Å². The van der Waals surface area contributed by atoms with Crippen LogP contribution in [0.5, 0.6) is 0 Å². The molecule has 0 radical (unpaired) electrons. The standard InChI is InChI=1S/C7H9ClN2/c8-6-3-5(4-10-6)7(9)1-2-7/h3-4,10H,1-2,9H2. The Hall–Kier alpha value is -0.470. The van der Waals surface area contributed by atoms with Gasteiger partial charge in [-0.2, -0.15) is 0 Å².